The molecule has 28 heavy (non-hydrogen) atoms. The Bertz CT molecular complexity index is 847. The molecule has 0 radical (unpaired) electrons. The lowest BCUT2D eigenvalue weighted by molar-refractivity contribution is -0.131. The molecule has 0 saturated carbocycles. The van der Waals surface area contributed by atoms with Crippen LogP contribution in [0.3, 0.4) is 0 Å². The summed E-state index contributed by atoms with van der Waals surface area (Å²) in [7, 11) is 1.60. The van der Waals surface area contributed by atoms with Crippen molar-refractivity contribution in [1.29, 1.82) is 0 Å². The SMILES string of the molecule is CCN(CCC(C)(C)C)C(=O)Cn1c(C(=O)C(C)C)nc2ccc(OC)cc21. The third-order valence-corrected chi connectivity index (χ3v) is 4.86. The van der Waals surface area contributed by atoms with Gasteiger partial charge in [0.2, 0.25) is 11.7 Å². The second-order valence-electron chi connectivity index (χ2n) is 8.68. The van der Waals surface area contributed by atoms with Gasteiger partial charge in [-0.3, -0.25) is 9.59 Å². The van der Waals surface area contributed by atoms with Gasteiger partial charge in [0.05, 0.1) is 18.1 Å². The first-order chi connectivity index (χ1) is 13.1. The van der Waals surface area contributed by atoms with Crippen LogP contribution in [0.2, 0.25) is 0 Å². The lowest BCUT2D eigenvalue weighted by atomic mass is 9.92. The number of carbonyl (C=O) groups excluding carboxylic acids is 2. The number of aromatic nitrogens is 2. The topological polar surface area (TPSA) is 64.4 Å². The standard InChI is InChI=1S/C22H33N3O3/c1-8-24(12-11-22(4,5)6)19(26)14-25-18-13-16(28-7)9-10-17(18)23-21(25)20(27)15(2)3/h9-10,13,15H,8,11-12,14H2,1-7H3. The molecule has 1 aromatic carbocycles. The van der Waals surface area contributed by atoms with Crippen LogP contribution in [-0.4, -0.2) is 46.3 Å². The second kappa shape index (κ2) is 8.76. The number of hydrogen-bond acceptors (Lipinski definition) is 4. The maximum Gasteiger partial charge on any atom is 0.242 e. The number of amides is 1. The summed E-state index contributed by atoms with van der Waals surface area (Å²) in [5.74, 6) is 0.728. The quantitative estimate of drug-likeness (QED) is 0.638. The maximum absolute atomic E-state index is 13.0. The van der Waals surface area contributed by atoms with Gasteiger partial charge in [-0.2, -0.15) is 0 Å². The molecule has 0 aliphatic heterocycles. The van der Waals surface area contributed by atoms with Crippen molar-refractivity contribution in [2.45, 2.75) is 54.5 Å². The summed E-state index contributed by atoms with van der Waals surface area (Å²) in [6.45, 7) is 13.6. The minimum Gasteiger partial charge on any atom is -0.497 e. The largest absolute Gasteiger partial charge is 0.497 e. The number of methoxy groups -OCH3 is 1. The van der Waals surface area contributed by atoms with E-state index < -0.39 is 0 Å². The van der Waals surface area contributed by atoms with Crippen LogP contribution in [0.25, 0.3) is 11.0 Å². The molecule has 0 aliphatic rings. The molecule has 0 unspecified atom stereocenters. The Morgan fingerprint density at radius 2 is 1.93 bits per heavy atom. The molecule has 0 fully saturated rings. The van der Waals surface area contributed by atoms with E-state index in [0.717, 1.165) is 11.9 Å². The Kier molecular flexibility index (Phi) is 6.86. The minimum atomic E-state index is -0.198. The van der Waals surface area contributed by atoms with E-state index in [1.54, 1.807) is 11.7 Å². The molecular formula is C22H33N3O3. The minimum absolute atomic E-state index is 0.00771. The number of fused-ring (bicyclic) bond motifs is 1. The Balaban J connectivity index is 2.41. The van der Waals surface area contributed by atoms with E-state index >= 15 is 0 Å². The maximum atomic E-state index is 13.0. The second-order valence-corrected chi connectivity index (χ2v) is 8.68. The van der Waals surface area contributed by atoms with Crippen LogP contribution in [-0.2, 0) is 11.3 Å². The highest BCUT2D eigenvalue weighted by atomic mass is 16.5. The van der Waals surface area contributed by atoms with E-state index in [1.807, 2.05) is 43.9 Å². The van der Waals surface area contributed by atoms with Crippen LogP contribution in [0.4, 0.5) is 0 Å². The number of imidazole rings is 1. The highest BCUT2D eigenvalue weighted by molar-refractivity contribution is 5.98. The molecule has 0 bridgehead atoms. The van der Waals surface area contributed by atoms with Crippen molar-refractivity contribution in [3.05, 3.63) is 24.0 Å². The molecule has 6 nitrogen and oxygen atoms in total. The van der Waals surface area contributed by atoms with Gasteiger partial charge in [0, 0.05) is 25.1 Å². The highest BCUT2D eigenvalue weighted by Gasteiger charge is 2.24. The first-order valence-corrected chi connectivity index (χ1v) is 9.93. The highest BCUT2D eigenvalue weighted by Crippen LogP contribution is 2.24. The number of rotatable bonds is 8. The number of hydrogen-bond donors (Lipinski definition) is 0. The molecule has 154 valence electrons. The molecule has 0 spiro atoms. The van der Waals surface area contributed by atoms with Crippen LogP contribution < -0.4 is 4.74 Å². The van der Waals surface area contributed by atoms with Gasteiger partial charge in [0.25, 0.3) is 0 Å². The summed E-state index contributed by atoms with van der Waals surface area (Å²) in [4.78, 5) is 32.1. The number of benzene rings is 1. The summed E-state index contributed by atoms with van der Waals surface area (Å²) in [5, 5.41) is 0. The van der Waals surface area contributed by atoms with Gasteiger partial charge in [-0.15, -0.1) is 0 Å². The van der Waals surface area contributed by atoms with Gasteiger partial charge < -0.3 is 14.2 Å². The van der Waals surface area contributed by atoms with E-state index in [9.17, 15) is 9.59 Å². The van der Waals surface area contributed by atoms with Crippen molar-refractivity contribution < 1.29 is 14.3 Å². The van der Waals surface area contributed by atoms with Crippen molar-refractivity contribution in [1.82, 2.24) is 14.5 Å². The average molecular weight is 388 g/mol. The molecule has 1 aromatic heterocycles. The summed E-state index contributed by atoms with van der Waals surface area (Å²) in [6.07, 6.45) is 0.920. The lowest BCUT2D eigenvalue weighted by Crippen LogP contribution is -2.36. The molecule has 0 aliphatic carbocycles. The summed E-state index contributed by atoms with van der Waals surface area (Å²) in [5.41, 5.74) is 1.58. The Morgan fingerprint density at radius 1 is 1.25 bits per heavy atom. The van der Waals surface area contributed by atoms with Crippen LogP contribution >= 0.6 is 0 Å². The van der Waals surface area contributed by atoms with Gasteiger partial charge >= 0.3 is 0 Å². The van der Waals surface area contributed by atoms with Crippen LogP contribution in [0.15, 0.2) is 18.2 Å². The van der Waals surface area contributed by atoms with E-state index in [-0.39, 0.29) is 29.6 Å². The number of ketones is 1. The molecule has 6 heteroatoms. The van der Waals surface area contributed by atoms with Gasteiger partial charge in [-0.25, -0.2) is 4.98 Å². The number of carbonyl (C=O) groups is 2. The van der Waals surface area contributed by atoms with Crippen LogP contribution in [0.1, 0.15) is 58.6 Å². The van der Waals surface area contributed by atoms with Gasteiger partial charge in [-0.05, 0) is 30.9 Å². The number of Topliss-reactive ketones (excluding diaryl/α,β-unsaturated/α-hetero) is 1. The van der Waals surface area contributed by atoms with Crippen molar-refractivity contribution >= 4 is 22.7 Å². The normalized spacial score (nSPS) is 11.9. The zero-order valence-corrected chi connectivity index (χ0v) is 18.2. The third kappa shape index (κ3) is 5.12. The summed E-state index contributed by atoms with van der Waals surface area (Å²) in [6, 6.07) is 5.47. The van der Waals surface area contributed by atoms with Crippen molar-refractivity contribution in [2.24, 2.45) is 11.3 Å². The fourth-order valence-electron chi connectivity index (χ4n) is 3.00. The molecule has 0 atom stereocenters. The zero-order chi connectivity index (χ0) is 21.1. The molecule has 1 amide bonds. The van der Waals surface area contributed by atoms with E-state index in [4.69, 9.17) is 4.74 Å². The van der Waals surface area contributed by atoms with E-state index in [0.29, 0.717) is 30.2 Å². The lowest BCUT2D eigenvalue weighted by Gasteiger charge is -2.26. The first kappa shape index (κ1) is 21.9. The van der Waals surface area contributed by atoms with E-state index in [1.165, 1.54) is 0 Å². The van der Waals surface area contributed by atoms with E-state index in [2.05, 4.69) is 25.8 Å². The van der Waals surface area contributed by atoms with Crippen molar-refractivity contribution in [2.75, 3.05) is 20.2 Å². The number of nitrogens with zero attached hydrogens (tertiary/aromatic N) is 3. The van der Waals surface area contributed by atoms with Crippen LogP contribution in [0, 0.1) is 11.3 Å². The molecule has 2 rings (SSSR count). The molecule has 2 aromatic rings. The molecular weight excluding hydrogens is 354 g/mol. The number of likely N-dealkylation sites (N-methyl/N-ethyl adjacent to an activating group) is 1. The third-order valence-electron chi connectivity index (χ3n) is 4.86. The smallest absolute Gasteiger partial charge is 0.242 e. The summed E-state index contributed by atoms with van der Waals surface area (Å²) < 4.78 is 7.06. The van der Waals surface area contributed by atoms with Gasteiger partial charge in [-0.1, -0.05) is 34.6 Å². The fourth-order valence-corrected chi connectivity index (χ4v) is 3.00. The average Bonchev–Trinajstić information content (AvgIpc) is 2.98. The molecule has 0 N–H and O–H groups in total. The van der Waals surface area contributed by atoms with Crippen LogP contribution in [0.5, 0.6) is 5.75 Å². The van der Waals surface area contributed by atoms with Gasteiger partial charge in [0.15, 0.2) is 5.82 Å². The first-order valence-electron chi connectivity index (χ1n) is 9.93. The fraction of sp³-hybridized carbons (Fsp3) is 0.591. The van der Waals surface area contributed by atoms with Gasteiger partial charge in [0.1, 0.15) is 12.3 Å². The predicted octanol–water partition coefficient (Wildman–Crippen LogP) is 4.17. The zero-order valence-electron chi connectivity index (χ0n) is 18.2. The summed E-state index contributed by atoms with van der Waals surface area (Å²) >= 11 is 0. The Hall–Kier alpha value is -2.37. The monoisotopic (exact) mass is 387 g/mol. The molecule has 1 heterocycles. The van der Waals surface area contributed by atoms with Crippen molar-refractivity contribution in [3.8, 4) is 5.75 Å². The number of ether oxygens (including phenoxy) is 1. The van der Waals surface area contributed by atoms with Crippen molar-refractivity contribution in [3.63, 3.8) is 0 Å². The Labute approximate surface area is 167 Å². The predicted molar refractivity (Wildman–Crippen MR) is 112 cm³/mol. The Morgan fingerprint density at radius 3 is 2.46 bits per heavy atom. The molecule has 0 saturated heterocycles.